The van der Waals surface area contributed by atoms with Gasteiger partial charge >= 0.3 is 5.97 Å². The maximum atomic E-state index is 11.8. The van der Waals surface area contributed by atoms with Gasteiger partial charge in [-0.2, -0.15) is 0 Å². The number of ether oxygens (including phenoxy) is 2. The number of carbonyl (C=O) groups excluding carboxylic acids is 1. The largest absolute Gasteiger partial charge is 0.494 e. The molecule has 0 aliphatic rings. The molecule has 0 aliphatic heterocycles. The van der Waals surface area contributed by atoms with Crippen LogP contribution >= 0.6 is 0 Å². The Balaban J connectivity index is 1.71. The van der Waals surface area contributed by atoms with Crippen molar-refractivity contribution in [2.45, 2.75) is 72.1 Å². The van der Waals surface area contributed by atoms with Gasteiger partial charge in [-0.05, 0) is 65.9 Å². The Labute approximate surface area is 206 Å². The average Bonchev–Trinajstić information content (AvgIpc) is 2.87. The second-order valence-electron chi connectivity index (χ2n) is 8.87. The molecule has 4 nitrogen and oxygen atoms in total. The van der Waals surface area contributed by atoms with Gasteiger partial charge in [-0.1, -0.05) is 77.8 Å². The second-order valence-corrected chi connectivity index (χ2v) is 8.87. The first-order chi connectivity index (χ1) is 16.6. The molecule has 0 saturated heterocycles. The molecular formula is C30H41NO3. The van der Waals surface area contributed by atoms with Gasteiger partial charge in [-0.15, -0.1) is 0 Å². The first-order valence-electron chi connectivity index (χ1n) is 12.8. The maximum absolute atomic E-state index is 11.8. The van der Waals surface area contributed by atoms with Gasteiger partial charge in [0.1, 0.15) is 5.75 Å². The third-order valence-electron chi connectivity index (χ3n) is 5.77. The summed E-state index contributed by atoms with van der Waals surface area (Å²) >= 11 is 0. The van der Waals surface area contributed by atoms with E-state index in [0.29, 0.717) is 12.5 Å². The van der Waals surface area contributed by atoms with E-state index in [1.165, 1.54) is 44.6 Å². The average molecular weight is 464 g/mol. The van der Waals surface area contributed by atoms with Gasteiger partial charge in [-0.3, -0.25) is 4.99 Å². The van der Waals surface area contributed by atoms with E-state index < -0.39 is 0 Å². The van der Waals surface area contributed by atoms with Crippen LogP contribution in [0.25, 0.3) is 6.08 Å². The van der Waals surface area contributed by atoms with Gasteiger partial charge in [0.15, 0.2) is 0 Å². The molecule has 0 amide bonds. The fraction of sp³-hybridized carbons (Fsp3) is 0.467. The van der Waals surface area contributed by atoms with Crippen LogP contribution in [0, 0.1) is 5.92 Å². The van der Waals surface area contributed by atoms with E-state index in [4.69, 9.17) is 9.47 Å². The van der Waals surface area contributed by atoms with Gasteiger partial charge in [0.2, 0.25) is 0 Å². The predicted octanol–water partition coefficient (Wildman–Crippen LogP) is 8.17. The molecule has 0 saturated carbocycles. The fourth-order valence-electron chi connectivity index (χ4n) is 3.27. The molecule has 0 aromatic heterocycles. The third kappa shape index (κ3) is 11.8. The number of aliphatic imine (C=N–C) groups is 1. The van der Waals surface area contributed by atoms with Crippen molar-refractivity contribution in [3.05, 3.63) is 65.7 Å². The van der Waals surface area contributed by atoms with Crippen LogP contribution < -0.4 is 4.74 Å². The number of esters is 1. The van der Waals surface area contributed by atoms with E-state index in [1.54, 1.807) is 6.08 Å². The summed E-state index contributed by atoms with van der Waals surface area (Å²) in [5.41, 5.74) is 2.81. The molecule has 0 fully saturated rings. The highest BCUT2D eigenvalue weighted by atomic mass is 16.5. The van der Waals surface area contributed by atoms with Crippen LogP contribution in [-0.4, -0.2) is 25.4 Å². The Hall–Kier alpha value is -2.88. The lowest BCUT2D eigenvalue weighted by Gasteiger charge is -2.07. The molecule has 184 valence electrons. The van der Waals surface area contributed by atoms with Crippen LogP contribution in [0.2, 0.25) is 0 Å². The lowest BCUT2D eigenvalue weighted by molar-refractivity contribution is -0.138. The van der Waals surface area contributed by atoms with Gasteiger partial charge in [-0.25, -0.2) is 4.79 Å². The number of benzene rings is 2. The summed E-state index contributed by atoms with van der Waals surface area (Å²) < 4.78 is 11.1. The first-order valence-corrected chi connectivity index (χ1v) is 12.8. The van der Waals surface area contributed by atoms with Crippen molar-refractivity contribution in [2.75, 3.05) is 13.2 Å². The minimum atomic E-state index is -0.308. The summed E-state index contributed by atoms with van der Waals surface area (Å²) in [6, 6.07) is 15.8. The zero-order valence-electron chi connectivity index (χ0n) is 21.2. The third-order valence-corrected chi connectivity index (χ3v) is 5.77. The molecule has 2 aromatic carbocycles. The van der Waals surface area contributed by atoms with E-state index in [0.717, 1.165) is 42.0 Å². The van der Waals surface area contributed by atoms with Gasteiger partial charge < -0.3 is 9.47 Å². The van der Waals surface area contributed by atoms with Crippen LogP contribution in [0.4, 0.5) is 5.69 Å². The zero-order chi connectivity index (χ0) is 24.4. The minimum absolute atomic E-state index is 0.308. The maximum Gasteiger partial charge on any atom is 0.330 e. The second kappa shape index (κ2) is 16.7. The fourth-order valence-corrected chi connectivity index (χ4v) is 3.27. The molecule has 0 aliphatic carbocycles. The van der Waals surface area contributed by atoms with E-state index in [9.17, 15) is 4.79 Å². The first kappa shape index (κ1) is 27.4. The molecule has 0 radical (unpaired) electrons. The quantitative estimate of drug-likeness (QED) is 0.109. The summed E-state index contributed by atoms with van der Waals surface area (Å²) in [5, 5.41) is 0. The Kier molecular flexibility index (Phi) is 13.4. The summed E-state index contributed by atoms with van der Waals surface area (Å²) in [5.74, 6) is 0.979. The van der Waals surface area contributed by atoms with Crippen molar-refractivity contribution < 1.29 is 14.3 Å². The highest BCUT2D eigenvalue weighted by Crippen LogP contribution is 2.16. The SMILES string of the molecule is CCCCCCCCCOc1ccc(C=Nc2ccc(/C=C/C(=O)OCC(C)CC)cc2)cc1. The van der Waals surface area contributed by atoms with Crippen LogP contribution in [0.1, 0.15) is 83.3 Å². The normalized spacial score (nSPS) is 12.3. The van der Waals surface area contributed by atoms with Gasteiger partial charge in [0.05, 0.1) is 18.9 Å². The number of nitrogens with zero attached hydrogens (tertiary/aromatic N) is 1. The molecule has 0 heterocycles. The summed E-state index contributed by atoms with van der Waals surface area (Å²) in [4.78, 5) is 16.3. The molecule has 0 spiro atoms. The highest BCUT2D eigenvalue weighted by molar-refractivity contribution is 5.87. The molecule has 0 bridgehead atoms. The number of rotatable bonds is 16. The topological polar surface area (TPSA) is 47.9 Å². The van der Waals surface area contributed by atoms with Crippen molar-refractivity contribution in [1.29, 1.82) is 0 Å². The van der Waals surface area contributed by atoms with E-state index in [1.807, 2.05) is 54.7 Å². The molecule has 1 unspecified atom stereocenters. The predicted molar refractivity (Wildman–Crippen MR) is 143 cm³/mol. The van der Waals surface area contributed by atoms with Crippen LogP contribution in [0.5, 0.6) is 5.75 Å². The number of hydrogen-bond acceptors (Lipinski definition) is 4. The Morgan fingerprint density at radius 3 is 2.21 bits per heavy atom. The highest BCUT2D eigenvalue weighted by Gasteiger charge is 2.02. The summed E-state index contributed by atoms with van der Waals surface area (Å²) in [7, 11) is 0. The monoisotopic (exact) mass is 463 g/mol. The van der Waals surface area contributed by atoms with Crippen molar-refractivity contribution in [3.8, 4) is 5.75 Å². The minimum Gasteiger partial charge on any atom is -0.494 e. The summed E-state index contributed by atoms with van der Waals surface area (Å²) in [6.45, 7) is 7.63. The molecule has 2 aromatic rings. The Bertz CT molecular complexity index is 869. The molecule has 0 N–H and O–H groups in total. The van der Waals surface area contributed by atoms with Crippen LogP contribution in [0.15, 0.2) is 59.6 Å². The molecule has 4 heteroatoms. The molecule has 1 atom stereocenters. The number of hydrogen-bond donors (Lipinski definition) is 0. The number of unbranched alkanes of at least 4 members (excludes halogenated alkanes) is 6. The molecular weight excluding hydrogens is 422 g/mol. The van der Waals surface area contributed by atoms with Crippen LogP contribution in [-0.2, 0) is 9.53 Å². The van der Waals surface area contributed by atoms with E-state index >= 15 is 0 Å². The molecule has 2 rings (SSSR count). The van der Waals surface area contributed by atoms with Gasteiger partial charge in [0.25, 0.3) is 0 Å². The van der Waals surface area contributed by atoms with E-state index in [2.05, 4.69) is 25.8 Å². The number of carbonyl (C=O) groups is 1. The lowest BCUT2D eigenvalue weighted by atomic mass is 10.1. The standard InChI is InChI=1S/C30H41NO3/c1-4-6-7-8-9-10-11-22-33-29-19-14-27(15-20-29)23-31-28-17-12-26(13-18-28)16-21-30(32)34-24-25(3)5-2/h12-21,23,25H,4-11,22,24H2,1-3H3/b21-16+,31-23?. The lowest BCUT2D eigenvalue weighted by Crippen LogP contribution is -2.08. The summed E-state index contributed by atoms with van der Waals surface area (Å²) in [6.07, 6.45) is 15.1. The smallest absolute Gasteiger partial charge is 0.330 e. The Morgan fingerprint density at radius 1 is 0.882 bits per heavy atom. The van der Waals surface area contributed by atoms with Crippen LogP contribution in [0.3, 0.4) is 0 Å². The Morgan fingerprint density at radius 2 is 1.53 bits per heavy atom. The van der Waals surface area contributed by atoms with Gasteiger partial charge in [0, 0.05) is 12.3 Å². The zero-order valence-corrected chi connectivity index (χ0v) is 21.2. The van der Waals surface area contributed by atoms with Crippen molar-refractivity contribution in [2.24, 2.45) is 10.9 Å². The van der Waals surface area contributed by atoms with Crippen molar-refractivity contribution >= 4 is 23.9 Å². The van der Waals surface area contributed by atoms with E-state index in [-0.39, 0.29) is 5.97 Å². The van der Waals surface area contributed by atoms with Crippen molar-refractivity contribution in [3.63, 3.8) is 0 Å². The molecule has 34 heavy (non-hydrogen) atoms. The van der Waals surface area contributed by atoms with Crippen molar-refractivity contribution in [1.82, 2.24) is 0 Å².